The molecular weight excluding hydrogens is 220 g/mol. The molecule has 0 fully saturated rings. The van der Waals surface area contributed by atoms with Gasteiger partial charge in [0.2, 0.25) is 5.88 Å². The molecule has 0 aliphatic heterocycles. The second-order valence-corrected chi connectivity index (χ2v) is 3.92. The summed E-state index contributed by atoms with van der Waals surface area (Å²) >= 11 is 0. The molecule has 1 aromatic carbocycles. The quantitative estimate of drug-likeness (QED) is 0.852. The molecule has 0 bridgehead atoms. The molecule has 0 unspecified atom stereocenters. The van der Waals surface area contributed by atoms with Gasteiger partial charge in [-0.3, -0.25) is 0 Å². The Labute approximate surface area is 98.8 Å². The molecule has 0 aliphatic rings. The fourth-order valence-electron chi connectivity index (χ4n) is 1.58. The summed E-state index contributed by atoms with van der Waals surface area (Å²) in [6.07, 6.45) is 1.45. The number of nitrogen functional groups attached to an aromatic ring is 1. The summed E-state index contributed by atoms with van der Waals surface area (Å²) in [6, 6.07) is 5.04. The number of phenolic OH excluding ortho intramolecular Hbond substituents is 1. The minimum atomic E-state index is -0.00312. The lowest BCUT2D eigenvalue weighted by atomic mass is 10.1. The first-order valence-corrected chi connectivity index (χ1v) is 5.28. The molecule has 2 aromatic rings. The van der Waals surface area contributed by atoms with Crippen molar-refractivity contribution in [3.05, 3.63) is 24.4 Å². The number of phenols is 1. The number of nitrogens with two attached hydrogens (primary N) is 1. The van der Waals surface area contributed by atoms with Crippen LogP contribution >= 0.6 is 0 Å². The monoisotopic (exact) mass is 234 g/mol. The molecule has 0 amide bonds. The van der Waals surface area contributed by atoms with Crippen LogP contribution in [0, 0.1) is 0 Å². The number of benzene rings is 1. The molecule has 3 N–H and O–H groups in total. The molecule has 0 saturated heterocycles. The Kier molecular flexibility index (Phi) is 2.91. The largest absolute Gasteiger partial charge is 0.507 e. The Hall–Kier alpha value is -2.17. The minimum Gasteiger partial charge on any atom is -0.507 e. The Morgan fingerprint density at radius 2 is 2.18 bits per heavy atom. The average molecular weight is 234 g/mol. The maximum atomic E-state index is 9.90. The van der Waals surface area contributed by atoms with Crippen molar-refractivity contribution >= 4 is 5.88 Å². The van der Waals surface area contributed by atoms with E-state index in [1.807, 2.05) is 13.8 Å². The highest BCUT2D eigenvalue weighted by Crippen LogP contribution is 2.40. The van der Waals surface area contributed by atoms with Crippen LogP contribution < -0.4 is 10.5 Å². The molecule has 0 atom stereocenters. The molecule has 5 heteroatoms. The van der Waals surface area contributed by atoms with Crippen LogP contribution in [0.4, 0.5) is 5.88 Å². The van der Waals surface area contributed by atoms with Crippen LogP contribution in [0.15, 0.2) is 28.9 Å². The lowest BCUT2D eigenvalue weighted by Gasteiger charge is -2.14. The molecule has 90 valence electrons. The van der Waals surface area contributed by atoms with Crippen LogP contribution in [0.1, 0.15) is 13.8 Å². The van der Waals surface area contributed by atoms with E-state index in [-0.39, 0.29) is 17.7 Å². The van der Waals surface area contributed by atoms with Crippen molar-refractivity contribution in [1.82, 2.24) is 5.16 Å². The summed E-state index contributed by atoms with van der Waals surface area (Å²) in [7, 11) is 0. The van der Waals surface area contributed by atoms with E-state index in [1.165, 1.54) is 6.20 Å². The van der Waals surface area contributed by atoms with Gasteiger partial charge in [0.1, 0.15) is 11.5 Å². The van der Waals surface area contributed by atoms with Crippen LogP contribution in [0.5, 0.6) is 11.5 Å². The number of nitrogens with zero attached hydrogens (tertiary/aromatic N) is 1. The number of aromatic hydroxyl groups is 1. The third-order valence-corrected chi connectivity index (χ3v) is 2.23. The van der Waals surface area contributed by atoms with Gasteiger partial charge in [-0.25, -0.2) is 0 Å². The summed E-state index contributed by atoms with van der Waals surface area (Å²) in [5, 5.41) is 13.5. The zero-order valence-electron chi connectivity index (χ0n) is 9.68. The van der Waals surface area contributed by atoms with Gasteiger partial charge in [-0.05, 0) is 26.0 Å². The van der Waals surface area contributed by atoms with E-state index in [4.69, 9.17) is 15.0 Å². The number of aromatic nitrogens is 1. The molecule has 5 nitrogen and oxygen atoms in total. The van der Waals surface area contributed by atoms with Crippen molar-refractivity contribution in [3.8, 4) is 22.6 Å². The summed E-state index contributed by atoms with van der Waals surface area (Å²) in [5.74, 6) is 0.785. The van der Waals surface area contributed by atoms with E-state index < -0.39 is 0 Å². The highest BCUT2D eigenvalue weighted by molar-refractivity contribution is 5.81. The fourth-order valence-corrected chi connectivity index (χ4v) is 1.58. The topological polar surface area (TPSA) is 81.5 Å². The van der Waals surface area contributed by atoms with E-state index in [1.54, 1.807) is 18.2 Å². The molecule has 2 rings (SSSR count). The van der Waals surface area contributed by atoms with Crippen molar-refractivity contribution in [3.63, 3.8) is 0 Å². The van der Waals surface area contributed by atoms with E-state index in [0.29, 0.717) is 16.9 Å². The maximum Gasteiger partial charge on any atom is 0.230 e. The first-order chi connectivity index (χ1) is 8.09. The van der Waals surface area contributed by atoms with Gasteiger partial charge in [0.05, 0.1) is 23.4 Å². The predicted molar refractivity (Wildman–Crippen MR) is 63.8 cm³/mol. The minimum absolute atomic E-state index is 0.00312. The molecule has 0 radical (unpaired) electrons. The zero-order valence-corrected chi connectivity index (χ0v) is 9.68. The number of hydrogen-bond acceptors (Lipinski definition) is 5. The van der Waals surface area contributed by atoms with Crippen LogP contribution in [0.3, 0.4) is 0 Å². The molecule has 17 heavy (non-hydrogen) atoms. The van der Waals surface area contributed by atoms with Crippen molar-refractivity contribution in [2.75, 3.05) is 5.73 Å². The number of hydrogen-bond donors (Lipinski definition) is 2. The Morgan fingerprint density at radius 3 is 2.76 bits per heavy atom. The molecule has 0 spiro atoms. The zero-order chi connectivity index (χ0) is 12.4. The highest BCUT2D eigenvalue weighted by Gasteiger charge is 2.17. The summed E-state index contributed by atoms with van der Waals surface area (Å²) in [6.45, 7) is 3.82. The van der Waals surface area contributed by atoms with Gasteiger partial charge in [0, 0.05) is 0 Å². The lowest BCUT2D eigenvalue weighted by Crippen LogP contribution is -2.06. The molecule has 0 saturated carbocycles. The van der Waals surface area contributed by atoms with Crippen molar-refractivity contribution < 1.29 is 14.4 Å². The van der Waals surface area contributed by atoms with E-state index >= 15 is 0 Å². The molecular formula is C12H14N2O3. The van der Waals surface area contributed by atoms with Crippen LogP contribution in [-0.4, -0.2) is 16.4 Å². The lowest BCUT2D eigenvalue weighted by molar-refractivity contribution is 0.242. The second kappa shape index (κ2) is 4.37. The summed E-state index contributed by atoms with van der Waals surface area (Å²) in [5.41, 5.74) is 6.67. The van der Waals surface area contributed by atoms with E-state index in [9.17, 15) is 5.11 Å². The standard InChI is InChI=1S/C12H14N2O3/c1-7(2)16-10-5-3-4-9(15)11(10)8-6-14-17-12(8)13/h3-7,15H,13H2,1-2H3. The van der Waals surface area contributed by atoms with Crippen molar-refractivity contribution in [1.29, 1.82) is 0 Å². The second-order valence-electron chi connectivity index (χ2n) is 3.92. The van der Waals surface area contributed by atoms with Crippen molar-refractivity contribution in [2.24, 2.45) is 0 Å². The number of anilines is 1. The van der Waals surface area contributed by atoms with Gasteiger partial charge >= 0.3 is 0 Å². The van der Waals surface area contributed by atoms with Crippen molar-refractivity contribution in [2.45, 2.75) is 20.0 Å². The van der Waals surface area contributed by atoms with Crippen LogP contribution in [0.25, 0.3) is 11.1 Å². The number of ether oxygens (including phenoxy) is 1. The first kappa shape index (κ1) is 11.3. The van der Waals surface area contributed by atoms with E-state index in [0.717, 1.165) is 0 Å². The van der Waals surface area contributed by atoms with Crippen LogP contribution in [0.2, 0.25) is 0 Å². The molecule has 1 heterocycles. The molecule has 1 aromatic heterocycles. The average Bonchev–Trinajstić information content (AvgIpc) is 2.64. The molecule has 0 aliphatic carbocycles. The Balaban J connectivity index is 2.55. The van der Waals surface area contributed by atoms with Gasteiger partial charge in [0.25, 0.3) is 0 Å². The highest BCUT2D eigenvalue weighted by atomic mass is 16.5. The predicted octanol–water partition coefficient (Wildman–Crippen LogP) is 2.42. The smallest absolute Gasteiger partial charge is 0.230 e. The van der Waals surface area contributed by atoms with Gasteiger partial charge in [0.15, 0.2) is 0 Å². The normalized spacial score (nSPS) is 10.8. The summed E-state index contributed by atoms with van der Waals surface area (Å²) < 4.78 is 10.4. The Bertz CT molecular complexity index is 520. The van der Waals surface area contributed by atoms with E-state index in [2.05, 4.69) is 5.16 Å². The third-order valence-electron chi connectivity index (χ3n) is 2.23. The van der Waals surface area contributed by atoms with Gasteiger partial charge in [-0.15, -0.1) is 0 Å². The van der Waals surface area contributed by atoms with Gasteiger partial charge in [-0.2, -0.15) is 0 Å². The third kappa shape index (κ3) is 2.18. The first-order valence-electron chi connectivity index (χ1n) is 5.28. The van der Waals surface area contributed by atoms with Gasteiger partial charge in [-0.1, -0.05) is 11.2 Å². The number of rotatable bonds is 3. The Morgan fingerprint density at radius 1 is 1.41 bits per heavy atom. The van der Waals surface area contributed by atoms with Gasteiger partial charge < -0.3 is 20.1 Å². The summed E-state index contributed by atoms with van der Waals surface area (Å²) in [4.78, 5) is 0. The SMILES string of the molecule is CC(C)Oc1cccc(O)c1-c1cnoc1N. The maximum absolute atomic E-state index is 9.90. The van der Waals surface area contributed by atoms with Crippen LogP contribution in [-0.2, 0) is 0 Å². The fraction of sp³-hybridized carbons (Fsp3) is 0.250.